The molecule has 1 aliphatic heterocycles. The second-order valence-corrected chi connectivity index (χ2v) is 6.99. The lowest BCUT2D eigenvalue weighted by atomic mass is 9.98. The first kappa shape index (κ1) is 23.3. The van der Waals surface area contributed by atoms with Crippen LogP contribution in [-0.4, -0.2) is 69.2 Å². The highest BCUT2D eigenvalue weighted by atomic mass is 127. The van der Waals surface area contributed by atoms with Crippen LogP contribution in [0.1, 0.15) is 19.8 Å². The SMILES string of the molecule is CCN1CCCC(CNC(=NC)N(C)CCOc2ccc(Cl)cc2)C1.I. The van der Waals surface area contributed by atoms with E-state index in [0.29, 0.717) is 12.5 Å². The van der Waals surface area contributed by atoms with Crippen molar-refractivity contribution in [2.45, 2.75) is 19.8 Å². The molecule has 0 bridgehead atoms. The molecule has 0 aliphatic carbocycles. The van der Waals surface area contributed by atoms with E-state index in [1.165, 1.54) is 25.9 Å². The lowest BCUT2D eigenvalue weighted by Crippen LogP contribution is -2.45. The predicted octanol–water partition coefficient (Wildman–Crippen LogP) is 3.58. The van der Waals surface area contributed by atoms with Crippen molar-refractivity contribution in [2.24, 2.45) is 10.9 Å². The molecule has 1 heterocycles. The van der Waals surface area contributed by atoms with Crippen molar-refractivity contribution < 1.29 is 4.74 Å². The standard InChI is InChI=1S/C19H31ClN4O.HI/c1-4-24-11-5-6-16(15-24)14-22-19(21-2)23(3)12-13-25-18-9-7-17(20)8-10-18;/h7-10,16H,4-6,11-15H2,1-3H3,(H,21,22);1H. The summed E-state index contributed by atoms with van der Waals surface area (Å²) < 4.78 is 5.76. The van der Waals surface area contributed by atoms with Gasteiger partial charge in [0, 0.05) is 32.2 Å². The largest absolute Gasteiger partial charge is 0.492 e. The summed E-state index contributed by atoms with van der Waals surface area (Å²) in [5.74, 6) is 2.46. The number of nitrogens with zero attached hydrogens (tertiary/aromatic N) is 3. The molecule has 1 atom stereocenters. The second-order valence-electron chi connectivity index (χ2n) is 6.55. The van der Waals surface area contributed by atoms with Gasteiger partial charge in [-0.1, -0.05) is 18.5 Å². The average molecular weight is 495 g/mol. The zero-order chi connectivity index (χ0) is 18.1. The smallest absolute Gasteiger partial charge is 0.193 e. The molecule has 0 radical (unpaired) electrons. The summed E-state index contributed by atoms with van der Waals surface area (Å²) in [7, 11) is 3.87. The van der Waals surface area contributed by atoms with Gasteiger partial charge in [-0.15, -0.1) is 24.0 Å². The molecule has 0 amide bonds. The number of nitrogens with one attached hydrogen (secondary N) is 1. The minimum atomic E-state index is 0. The van der Waals surface area contributed by atoms with Gasteiger partial charge in [0.1, 0.15) is 12.4 Å². The molecular weight excluding hydrogens is 463 g/mol. The third-order valence-corrected chi connectivity index (χ3v) is 4.93. The van der Waals surface area contributed by atoms with Crippen molar-refractivity contribution in [3.05, 3.63) is 29.3 Å². The van der Waals surface area contributed by atoms with Gasteiger partial charge in [-0.2, -0.15) is 0 Å². The Morgan fingerprint density at radius 1 is 1.38 bits per heavy atom. The van der Waals surface area contributed by atoms with Gasteiger partial charge < -0.3 is 19.9 Å². The Kier molecular flexibility index (Phi) is 11.3. The maximum Gasteiger partial charge on any atom is 0.193 e. The van der Waals surface area contributed by atoms with Crippen LogP contribution in [0.5, 0.6) is 5.75 Å². The number of likely N-dealkylation sites (N-methyl/N-ethyl adjacent to an activating group) is 1. The molecule has 148 valence electrons. The van der Waals surface area contributed by atoms with Gasteiger partial charge in [0.15, 0.2) is 5.96 Å². The van der Waals surface area contributed by atoms with Crippen LogP contribution in [0.2, 0.25) is 5.02 Å². The van der Waals surface area contributed by atoms with Gasteiger partial charge in [-0.25, -0.2) is 0 Å². The minimum absolute atomic E-state index is 0. The molecule has 5 nitrogen and oxygen atoms in total. The summed E-state index contributed by atoms with van der Waals surface area (Å²) in [5, 5.41) is 4.24. The third kappa shape index (κ3) is 7.88. The molecule has 0 saturated carbocycles. The van der Waals surface area contributed by atoms with Crippen LogP contribution in [0.15, 0.2) is 29.3 Å². The molecular formula is C19H32ClIN4O. The number of benzene rings is 1. The van der Waals surface area contributed by atoms with Crippen molar-refractivity contribution in [3.8, 4) is 5.75 Å². The highest BCUT2D eigenvalue weighted by Gasteiger charge is 2.19. The number of hydrogen-bond donors (Lipinski definition) is 1. The van der Waals surface area contributed by atoms with E-state index in [9.17, 15) is 0 Å². The van der Waals surface area contributed by atoms with Gasteiger partial charge in [0.05, 0.1) is 6.54 Å². The van der Waals surface area contributed by atoms with E-state index in [0.717, 1.165) is 36.4 Å². The van der Waals surface area contributed by atoms with E-state index in [1.54, 1.807) is 0 Å². The lowest BCUT2D eigenvalue weighted by molar-refractivity contribution is 0.182. The molecule has 1 N–H and O–H groups in total. The van der Waals surface area contributed by atoms with E-state index in [-0.39, 0.29) is 24.0 Å². The summed E-state index contributed by atoms with van der Waals surface area (Å²) in [6.45, 7) is 8.16. The summed E-state index contributed by atoms with van der Waals surface area (Å²) in [4.78, 5) is 9.03. The van der Waals surface area contributed by atoms with Gasteiger partial charge in [-0.3, -0.25) is 4.99 Å². The number of likely N-dealkylation sites (tertiary alicyclic amines) is 1. The van der Waals surface area contributed by atoms with E-state index in [2.05, 4.69) is 27.0 Å². The highest BCUT2D eigenvalue weighted by molar-refractivity contribution is 14.0. The quantitative estimate of drug-likeness (QED) is 0.357. The maximum absolute atomic E-state index is 5.88. The van der Waals surface area contributed by atoms with Gasteiger partial charge in [0.25, 0.3) is 0 Å². The topological polar surface area (TPSA) is 40.1 Å². The van der Waals surface area contributed by atoms with Crippen LogP contribution in [0, 0.1) is 5.92 Å². The summed E-state index contributed by atoms with van der Waals surface area (Å²) in [5.41, 5.74) is 0. The van der Waals surface area contributed by atoms with E-state index < -0.39 is 0 Å². The number of piperidine rings is 1. The third-order valence-electron chi connectivity index (χ3n) is 4.68. The molecule has 1 fully saturated rings. The Morgan fingerprint density at radius 2 is 2.12 bits per heavy atom. The molecule has 0 spiro atoms. The first-order chi connectivity index (χ1) is 12.1. The zero-order valence-electron chi connectivity index (χ0n) is 16.1. The Balaban J connectivity index is 0.00000338. The molecule has 1 unspecified atom stereocenters. The van der Waals surface area contributed by atoms with Gasteiger partial charge >= 0.3 is 0 Å². The molecule has 1 aromatic rings. The van der Waals surface area contributed by atoms with Gasteiger partial charge in [-0.05, 0) is 56.1 Å². The Morgan fingerprint density at radius 3 is 2.77 bits per heavy atom. The Labute approximate surface area is 180 Å². The van der Waals surface area contributed by atoms with Crippen molar-refractivity contribution in [2.75, 3.05) is 53.4 Å². The van der Waals surface area contributed by atoms with E-state index in [4.69, 9.17) is 16.3 Å². The number of rotatable bonds is 7. The van der Waals surface area contributed by atoms with Crippen LogP contribution < -0.4 is 10.1 Å². The van der Waals surface area contributed by atoms with Crippen LogP contribution in [-0.2, 0) is 0 Å². The molecule has 26 heavy (non-hydrogen) atoms. The highest BCUT2D eigenvalue weighted by Crippen LogP contribution is 2.16. The molecule has 1 aromatic carbocycles. The summed E-state index contributed by atoms with van der Waals surface area (Å²) in [6.07, 6.45) is 2.59. The Hall–Kier alpha value is -0.730. The van der Waals surface area contributed by atoms with Crippen LogP contribution in [0.25, 0.3) is 0 Å². The monoisotopic (exact) mass is 494 g/mol. The maximum atomic E-state index is 5.88. The molecule has 0 aromatic heterocycles. The Bertz CT molecular complexity index is 541. The van der Waals surface area contributed by atoms with Crippen LogP contribution >= 0.6 is 35.6 Å². The fourth-order valence-electron chi connectivity index (χ4n) is 3.16. The van der Waals surface area contributed by atoms with Crippen molar-refractivity contribution in [1.29, 1.82) is 0 Å². The number of aliphatic imine (C=N–C) groups is 1. The molecule has 1 aliphatic rings. The average Bonchev–Trinajstić information content (AvgIpc) is 2.64. The number of ether oxygens (including phenoxy) is 1. The summed E-state index contributed by atoms with van der Waals surface area (Å²) >= 11 is 5.88. The second kappa shape index (κ2) is 12.6. The first-order valence-corrected chi connectivity index (χ1v) is 9.52. The zero-order valence-corrected chi connectivity index (χ0v) is 19.2. The van der Waals surface area contributed by atoms with Crippen LogP contribution in [0.3, 0.4) is 0 Å². The van der Waals surface area contributed by atoms with Crippen molar-refractivity contribution in [1.82, 2.24) is 15.1 Å². The minimum Gasteiger partial charge on any atom is -0.492 e. The van der Waals surface area contributed by atoms with Crippen molar-refractivity contribution >= 4 is 41.5 Å². The van der Waals surface area contributed by atoms with Crippen LogP contribution in [0.4, 0.5) is 0 Å². The molecule has 1 saturated heterocycles. The normalized spacial score (nSPS) is 18.2. The molecule has 2 rings (SSSR count). The number of hydrogen-bond acceptors (Lipinski definition) is 3. The lowest BCUT2D eigenvalue weighted by Gasteiger charge is -2.32. The fraction of sp³-hybridized carbons (Fsp3) is 0.632. The number of halogens is 2. The fourth-order valence-corrected chi connectivity index (χ4v) is 3.29. The summed E-state index contributed by atoms with van der Waals surface area (Å²) in [6, 6.07) is 7.45. The van der Waals surface area contributed by atoms with Gasteiger partial charge in [0.2, 0.25) is 0 Å². The van der Waals surface area contributed by atoms with E-state index in [1.807, 2.05) is 38.4 Å². The van der Waals surface area contributed by atoms with Crippen molar-refractivity contribution in [3.63, 3.8) is 0 Å². The van der Waals surface area contributed by atoms with E-state index >= 15 is 0 Å². The first-order valence-electron chi connectivity index (χ1n) is 9.15. The predicted molar refractivity (Wildman–Crippen MR) is 121 cm³/mol. The number of guanidine groups is 1. The molecule has 7 heteroatoms.